The first-order valence-electron chi connectivity index (χ1n) is 6.76. The predicted molar refractivity (Wildman–Crippen MR) is 68.3 cm³/mol. The molecule has 3 heteroatoms. The fourth-order valence-corrected chi connectivity index (χ4v) is 2.71. The molecule has 1 aromatic heterocycles. The highest BCUT2D eigenvalue weighted by molar-refractivity contribution is 5.40. The monoisotopic (exact) mass is 232 g/mol. The van der Waals surface area contributed by atoms with Gasteiger partial charge in [-0.05, 0) is 50.2 Å². The van der Waals surface area contributed by atoms with Crippen LogP contribution in [0.2, 0.25) is 0 Å². The summed E-state index contributed by atoms with van der Waals surface area (Å²) in [7, 11) is 0. The lowest BCUT2D eigenvalue weighted by atomic mass is 10.1. The quantitative estimate of drug-likeness (QED) is 0.869. The molecule has 1 aliphatic carbocycles. The first kappa shape index (κ1) is 11.0. The summed E-state index contributed by atoms with van der Waals surface area (Å²) in [4.78, 5) is 4.67. The van der Waals surface area contributed by atoms with E-state index in [0.29, 0.717) is 6.10 Å². The number of nitrogens with zero attached hydrogens (tertiary/aromatic N) is 1. The topological polar surface area (TPSA) is 34.2 Å². The normalized spacial score (nSPS) is 23.4. The van der Waals surface area contributed by atoms with Gasteiger partial charge in [-0.2, -0.15) is 0 Å². The molecule has 2 aliphatic rings. The van der Waals surface area contributed by atoms with Gasteiger partial charge >= 0.3 is 0 Å². The summed E-state index contributed by atoms with van der Waals surface area (Å²) in [6.45, 7) is 1.82. The molecule has 0 amide bonds. The Kier molecular flexibility index (Phi) is 3.27. The Morgan fingerprint density at radius 1 is 1.24 bits per heavy atom. The second-order valence-corrected chi connectivity index (χ2v) is 5.03. The number of hydrogen-bond donors (Lipinski definition) is 1. The predicted octanol–water partition coefficient (Wildman–Crippen LogP) is 2.55. The van der Waals surface area contributed by atoms with Crippen molar-refractivity contribution in [2.75, 3.05) is 18.5 Å². The van der Waals surface area contributed by atoms with Gasteiger partial charge in [-0.15, -0.1) is 0 Å². The van der Waals surface area contributed by atoms with Crippen LogP contribution in [0.5, 0.6) is 0 Å². The van der Waals surface area contributed by atoms with Crippen molar-refractivity contribution < 1.29 is 4.74 Å². The van der Waals surface area contributed by atoms with E-state index in [1.54, 1.807) is 0 Å². The molecule has 0 bridgehead atoms. The van der Waals surface area contributed by atoms with Gasteiger partial charge < -0.3 is 10.1 Å². The number of ether oxygens (including phenoxy) is 1. The highest BCUT2D eigenvalue weighted by Crippen LogP contribution is 2.21. The highest BCUT2D eigenvalue weighted by Gasteiger charge is 2.15. The number of anilines is 1. The highest BCUT2D eigenvalue weighted by atomic mass is 16.5. The van der Waals surface area contributed by atoms with Gasteiger partial charge in [0.05, 0.1) is 6.10 Å². The molecule has 1 aliphatic heterocycles. The molecule has 0 saturated carbocycles. The summed E-state index contributed by atoms with van der Waals surface area (Å²) in [5.74, 6) is 1.01. The Morgan fingerprint density at radius 2 is 2.24 bits per heavy atom. The van der Waals surface area contributed by atoms with Gasteiger partial charge in [0.15, 0.2) is 0 Å². The molecule has 2 heterocycles. The summed E-state index contributed by atoms with van der Waals surface area (Å²) >= 11 is 0. The van der Waals surface area contributed by atoms with Crippen molar-refractivity contribution in [3.63, 3.8) is 0 Å². The lowest BCUT2D eigenvalue weighted by Crippen LogP contribution is -2.27. The number of aryl methyl sites for hydroxylation is 2. The van der Waals surface area contributed by atoms with Crippen molar-refractivity contribution >= 4 is 5.82 Å². The van der Waals surface area contributed by atoms with Gasteiger partial charge in [-0.3, -0.25) is 0 Å². The molecule has 1 aromatic rings. The molecule has 17 heavy (non-hydrogen) atoms. The van der Waals surface area contributed by atoms with E-state index in [4.69, 9.17) is 4.74 Å². The Morgan fingerprint density at radius 3 is 3.12 bits per heavy atom. The van der Waals surface area contributed by atoms with E-state index in [9.17, 15) is 0 Å². The Hall–Kier alpha value is -1.09. The fourth-order valence-electron chi connectivity index (χ4n) is 2.71. The van der Waals surface area contributed by atoms with E-state index < -0.39 is 0 Å². The number of hydrogen-bond acceptors (Lipinski definition) is 3. The van der Waals surface area contributed by atoms with E-state index in [0.717, 1.165) is 25.4 Å². The molecule has 1 unspecified atom stereocenters. The molecule has 1 saturated heterocycles. The second kappa shape index (κ2) is 5.05. The average molecular weight is 232 g/mol. The molecular formula is C14H20N2O. The minimum Gasteiger partial charge on any atom is -0.376 e. The van der Waals surface area contributed by atoms with Crippen molar-refractivity contribution in [1.29, 1.82) is 0 Å². The summed E-state index contributed by atoms with van der Waals surface area (Å²) in [5, 5.41) is 3.41. The zero-order valence-electron chi connectivity index (χ0n) is 10.2. The van der Waals surface area contributed by atoms with E-state index in [2.05, 4.69) is 22.4 Å². The first-order valence-corrected chi connectivity index (χ1v) is 6.76. The summed E-state index contributed by atoms with van der Waals surface area (Å²) in [5.41, 5.74) is 2.73. The standard InChI is InChI=1S/C14H20N2O/c1-2-9-17-12(5-1)10-15-14-8-7-11-4-3-6-13(11)16-14/h7-8,12H,1-6,9-10H2,(H,15,16). The third kappa shape index (κ3) is 2.60. The second-order valence-electron chi connectivity index (χ2n) is 5.03. The molecule has 1 N–H and O–H groups in total. The van der Waals surface area contributed by atoms with Crippen LogP contribution in [0.15, 0.2) is 12.1 Å². The van der Waals surface area contributed by atoms with Crippen LogP contribution in [0.4, 0.5) is 5.82 Å². The Balaban J connectivity index is 1.57. The first-order chi connectivity index (χ1) is 8.42. The molecular weight excluding hydrogens is 212 g/mol. The van der Waals surface area contributed by atoms with Crippen LogP contribution in [-0.4, -0.2) is 24.2 Å². The number of aromatic nitrogens is 1. The third-order valence-corrected chi connectivity index (χ3v) is 3.71. The minimum atomic E-state index is 0.374. The van der Waals surface area contributed by atoms with Gasteiger partial charge in [0.2, 0.25) is 0 Å². The van der Waals surface area contributed by atoms with Crippen LogP contribution >= 0.6 is 0 Å². The maximum absolute atomic E-state index is 5.70. The van der Waals surface area contributed by atoms with E-state index in [1.807, 2.05) is 0 Å². The van der Waals surface area contributed by atoms with E-state index >= 15 is 0 Å². The minimum absolute atomic E-state index is 0.374. The molecule has 1 atom stereocenters. The number of nitrogens with one attached hydrogen (secondary N) is 1. The zero-order valence-corrected chi connectivity index (χ0v) is 10.2. The van der Waals surface area contributed by atoms with Crippen molar-refractivity contribution in [1.82, 2.24) is 4.98 Å². The molecule has 0 radical (unpaired) electrons. The summed E-state index contributed by atoms with van der Waals surface area (Å²) in [6, 6.07) is 4.33. The van der Waals surface area contributed by atoms with E-state index in [1.165, 1.54) is 43.4 Å². The maximum atomic E-state index is 5.70. The van der Waals surface area contributed by atoms with Crippen molar-refractivity contribution in [3.8, 4) is 0 Å². The number of rotatable bonds is 3. The van der Waals surface area contributed by atoms with E-state index in [-0.39, 0.29) is 0 Å². The van der Waals surface area contributed by atoms with Gasteiger partial charge in [-0.25, -0.2) is 4.98 Å². The van der Waals surface area contributed by atoms with Crippen LogP contribution in [0.3, 0.4) is 0 Å². The summed E-state index contributed by atoms with van der Waals surface area (Å²) < 4.78 is 5.70. The number of fused-ring (bicyclic) bond motifs is 1. The van der Waals surface area contributed by atoms with Crippen LogP contribution < -0.4 is 5.32 Å². The van der Waals surface area contributed by atoms with Crippen molar-refractivity contribution in [3.05, 3.63) is 23.4 Å². The summed E-state index contributed by atoms with van der Waals surface area (Å²) in [6.07, 6.45) is 7.67. The number of pyridine rings is 1. The Labute approximate surface area is 103 Å². The lowest BCUT2D eigenvalue weighted by Gasteiger charge is -2.23. The zero-order chi connectivity index (χ0) is 11.5. The molecule has 92 valence electrons. The van der Waals surface area contributed by atoms with Gasteiger partial charge in [-0.1, -0.05) is 6.07 Å². The maximum Gasteiger partial charge on any atom is 0.126 e. The average Bonchev–Trinajstić information content (AvgIpc) is 2.85. The Bertz CT molecular complexity index is 386. The van der Waals surface area contributed by atoms with Crippen molar-refractivity contribution in [2.45, 2.75) is 44.6 Å². The molecule has 0 aromatic carbocycles. The van der Waals surface area contributed by atoms with Gasteiger partial charge in [0, 0.05) is 18.8 Å². The van der Waals surface area contributed by atoms with Gasteiger partial charge in [0.25, 0.3) is 0 Å². The van der Waals surface area contributed by atoms with Crippen LogP contribution in [0.1, 0.15) is 36.9 Å². The molecule has 1 fully saturated rings. The molecule has 3 nitrogen and oxygen atoms in total. The van der Waals surface area contributed by atoms with Crippen LogP contribution in [0.25, 0.3) is 0 Å². The van der Waals surface area contributed by atoms with Crippen molar-refractivity contribution in [2.24, 2.45) is 0 Å². The van der Waals surface area contributed by atoms with Crippen LogP contribution in [-0.2, 0) is 17.6 Å². The largest absolute Gasteiger partial charge is 0.376 e. The molecule has 0 spiro atoms. The smallest absolute Gasteiger partial charge is 0.126 e. The van der Waals surface area contributed by atoms with Crippen LogP contribution in [0, 0.1) is 0 Å². The third-order valence-electron chi connectivity index (χ3n) is 3.71. The SMILES string of the molecule is c1cc2c(nc1NCC1CCCCO1)CCC2. The van der Waals surface area contributed by atoms with Gasteiger partial charge in [0.1, 0.15) is 5.82 Å². The molecule has 3 rings (SSSR count). The fraction of sp³-hybridized carbons (Fsp3) is 0.643. The lowest BCUT2D eigenvalue weighted by molar-refractivity contribution is 0.0247.